The van der Waals surface area contributed by atoms with Gasteiger partial charge in [-0.05, 0) is 7.05 Å². The van der Waals surface area contributed by atoms with Crippen molar-refractivity contribution < 1.29 is 20.1 Å². The highest BCUT2D eigenvalue weighted by Crippen LogP contribution is 2.20. The number of likely N-dealkylation sites (tertiary alicyclic amines) is 1. The molecule has 0 spiro atoms. The summed E-state index contributed by atoms with van der Waals surface area (Å²) in [6, 6.07) is 0. The van der Waals surface area contributed by atoms with E-state index in [1.807, 2.05) is 0 Å². The van der Waals surface area contributed by atoms with Crippen LogP contribution in [0, 0.1) is 5.92 Å². The van der Waals surface area contributed by atoms with Gasteiger partial charge in [-0.1, -0.05) is 0 Å². The second kappa shape index (κ2) is 4.89. The Kier molecular flexibility index (Phi) is 4.04. The molecule has 1 aliphatic rings. The van der Waals surface area contributed by atoms with E-state index in [0.717, 1.165) is 0 Å². The molecule has 0 unspecified atom stereocenters. The van der Waals surface area contributed by atoms with E-state index >= 15 is 0 Å². The highest BCUT2D eigenvalue weighted by atomic mass is 16.3. The number of amides is 1. The minimum absolute atomic E-state index is 0.185. The Hall–Kier alpha value is -0.690. The van der Waals surface area contributed by atoms with Gasteiger partial charge < -0.3 is 20.6 Å². The van der Waals surface area contributed by atoms with Gasteiger partial charge in [0, 0.05) is 26.0 Å². The van der Waals surface area contributed by atoms with Gasteiger partial charge in [0.05, 0.1) is 6.10 Å². The quantitative estimate of drug-likeness (QED) is 0.419. The van der Waals surface area contributed by atoms with E-state index < -0.39 is 18.4 Å². The van der Waals surface area contributed by atoms with Crippen LogP contribution in [-0.4, -0.2) is 64.7 Å². The Morgan fingerprint density at radius 2 is 2.07 bits per heavy atom. The van der Waals surface area contributed by atoms with Crippen molar-refractivity contribution in [3.8, 4) is 0 Å². The number of hydrogen-bond donors (Lipinski definition) is 4. The van der Waals surface area contributed by atoms with Crippen LogP contribution in [0.3, 0.4) is 0 Å². The van der Waals surface area contributed by atoms with Crippen molar-refractivity contribution in [3.63, 3.8) is 0 Å². The van der Waals surface area contributed by atoms with Crippen molar-refractivity contribution in [2.24, 2.45) is 5.92 Å². The van der Waals surface area contributed by atoms with E-state index in [4.69, 9.17) is 5.11 Å². The zero-order valence-electron chi connectivity index (χ0n) is 8.92. The average molecular weight is 218 g/mol. The van der Waals surface area contributed by atoms with Crippen LogP contribution in [-0.2, 0) is 4.79 Å². The lowest BCUT2D eigenvalue weighted by atomic mass is 9.91. The molecule has 1 amide bonds. The minimum Gasteiger partial charge on any atom is -0.396 e. The predicted molar refractivity (Wildman–Crippen MR) is 52.8 cm³/mol. The van der Waals surface area contributed by atoms with E-state index in [-0.39, 0.29) is 18.4 Å². The van der Waals surface area contributed by atoms with Crippen molar-refractivity contribution in [2.75, 3.05) is 20.2 Å². The fraction of sp³-hybridized carbons (Fsp3) is 0.889. The number of likely N-dealkylation sites (N-methyl/N-ethyl adjacent to an activating group) is 1. The lowest BCUT2D eigenvalue weighted by Gasteiger charge is -2.43. The molecule has 1 heterocycles. The monoisotopic (exact) mass is 218 g/mol. The molecule has 6 nitrogen and oxygen atoms in total. The van der Waals surface area contributed by atoms with Crippen molar-refractivity contribution in [3.05, 3.63) is 0 Å². The number of piperidine rings is 1. The largest absolute Gasteiger partial charge is 0.396 e. The molecule has 0 saturated carbocycles. The predicted octanol–water partition coefficient (Wildman–Crippen LogP) is -2.28. The Bertz CT molecular complexity index is 236. The van der Waals surface area contributed by atoms with Gasteiger partial charge in [0.25, 0.3) is 0 Å². The Labute approximate surface area is 88.5 Å². The van der Waals surface area contributed by atoms with Gasteiger partial charge in [-0.15, -0.1) is 0 Å². The summed E-state index contributed by atoms with van der Waals surface area (Å²) in [7, 11) is 1.72. The SMILES string of the molecule is CC(=O)N[C@@H]1[C@@H](O)[C@@H](O)[C@@H](CO)CN1C. The summed E-state index contributed by atoms with van der Waals surface area (Å²) in [5.41, 5.74) is 0. The Morgan fingerprint density at radius 1 is 1.47 bits per heavy atom. The van der Waals surface area contributed by atoms with Gasteiger partial charge in [0.15, 0.2) is 0 Å². The first-order valence-electron chi connectivity index (χ1n) is 4.91. The van der Waals surface area contributed by atoms with Gasteiger partial charge in [-0.2, -0.15) is 0 Å². The van der Waals surface area contributed by atoms with Gasteiger partial charge >= 0.3 is 0 Å². The molecule has 1 aliphatic heterocycles. The summed E-state index contributed by atoms with van der Waals surface area (Å²) >= 11 is 0. The van der Waals surface area contributed by atoms with Crippen LogP contribution in [0.5, 0.6) is 0 Å². The maximum atomic E-state index is 10.9. The maximum Gasteiger partial charge on any atom is 0.218 e. The number of nitrogens with one attached hydrogen (secondary N) is 1. The Morgan fingerprint density at radius 3 is 2.53 bits per heavy atom. The first-order chi connectivity index (χ1) is 6.97. The molecular weight excluding hydrogens is 200 g/mol. The zero-order chi connectivity index (χ0) is 11.6. The molecule has 4 N–H and O–H groups in total. The van der Waals surface area contributed by atoms with Crippen LogP contribution < -0.4 is 5.32 Å². The van der Waals surface area contributed by atoms with Crippen molar-refractivity contribution in [2.45, 2.75) is 25.3 Å². The van der Waals surface area contributed by atoms with Crippen LogP contribution >= 0.6 is 0 Å². The summed E-state index contributed by atoms with van der Waals surface area (Å²) in [6.07, 6.45) is -2.69. The zero-order valence-corrected chi connectivity index (χ0v) is 8.92. The van der Waals surface area contributed by atoms with Crippen LogP contribution in [0.1, 0.15) is 6.92 Å². The third-order valence-electron chi connectivity index (χ3n) is 2.74. The number of carbonyl (C=O) groups excluding carboxylic acids is 1. The van der Waals surface area contributed by atoms with Crippen molar-refractivity contribution in [1.29, 1.82) is 0 Å². The van der Waals surface area contributed by atoms with Gasteiger partial charge in [-0.3, -0.25) is 9.69 Å². The lowest BCUT2D eigenvalue weighted by Crippen LogP contribution is -2.64. The number of nitrogens with zero attached hydrogens (tertiary/aromatic N) is 1. The lowest BCUT2D eigenvalue weighted by molar-refractivity contribution is -0.136. The molecule has 4 atom stereocenters. The van der Waals surface area contributed by atoms with Crippen LogP contribution in [0.4, 0.5) is 0 Å². The second-order valence-electron chi connectivity index (χ2n) is 4.01. The molecule has 6 heteroatoms. The highest BCUT2D eigenvalue weighted by molar-refractivity contribution is 5.73. The summed E-state index contributed by atoms with van der Waals surface area (Å²) < 4.78 is 0. The number of aliphatic hydroxyl groups is 3. The Balaban J connectivity index is 2.70. The fourth-order valence-electron chi connectivity index (χ4n) is 1.89. The number of rotatable bonds is 2. The molecule has 0 aromatic carbocycles. The summed E-state index contributed by atoms with van der Waals surface area (Å²) in [4.78, 5) is 12.6. The molecule has 1 rings (SSSR count). The molecule has 1 saturated heterocycles. The maximum absolute atomic E-state index is 10.9. The third kappa shape index (κ3) is 2.66. The molecule has 0 bridgehead atoms. The normalized spacial score (nSPS) is 37.7. The fourth-order valence-corrected chi connectivity index (χ4v) is 1.89. The third-order valence-corrected chi connectivity index (χ3v) is 2.74. The molecule has 0 aliphatic carbocycles. The first-order valence-corrected chi connectivity index (χ1v) is 4.91. The molecule has 88 valence electrons. The van der Waals surface area contributed by atoms with Gasteiger partial charge in [-0.25, -0.2) is 0 Å². The molecular formula is C9H18N2O4. The van der Waals surface area contributed by atoms with Gasteiger partial charge in [0.1, 0.15) is 12.3 Å². The number of carbonyl (C=O) groups is 1. The standard InChI is InChI=1S/C9H18N2O4/c1-5(13)10-9-8(15)7(14)6(4-12)3-11(9)2/h6-9,12,14-15H,3-4H2,1-2H3,(H,10,13)/t6-,7+,8+,9+/m1/s1. The average Bonchev–Trinajstić information content (AvgIpc) is 2.18. The van der Waals surface area contributed by atoms with Crippen LogP contribution in [0.2, 0.25) is 0 Å². The van der Waals surface area contributed by atoms with Gasteiger partial charge in [0.2, 0.25) is 5.91 Å². The van der Waals surface area contributed by atoms with Crippen molar-refractivity contribution >= 4 is 5.91 Å². The first kappa shape index (κ1) is 12.4. The van der Waals surface area contributed by atoms with Crippen LogP contribution in [0.25, 0.3) is 0 Å². The molecule has 0 aromatic heterocycles. The van der Waals surface area contributed by atoms with E-state index in [1.54, 1.807) is 11.9 Å². The van der Waals surface area contributed by atoms with Crippen molar-refractivity contribution in [1.82, 2.24) is 10.2 Å². The van der Waals surface area contributed by atoms with E-state index in [2.05, 4.69) is 5.32 Å². The second-order valence-corrected chi connectivity index (χ2v) is 4.01. The number of hydrogen-bond acceptors (Lipinski definition) is 5. The van der Waals surface area contributed by atoms with E-state index in [1.165, 1.54) is 6.92 Å². The summed E-state index contributed by atoms with van der Waals surface area (Å²) in [5, 5.41) is 30.9. The van der Waals surface area contributed by atoms with Crippen LogP contribution in [0.15, 0.2) is 0 Å². The molecule has 1 fully saturated rings. The highest BCUT2D eigenvalue weighted by Gasteiger charge is 2.40. The van der Waals surface area contributed by atoms with E-state index in [9.17, 15) is 15.0 Å². The smallest absolute Gasteiger partial charge is 0.218 e. The number of aliphatic hydroxyl groups excluding tert-OH is 3. The minimum atomic E-state index is -1.08. The summed E-state index contributed by atoms with van der Waals surface area (Å²) in [6.45, 7) is 1.60. The van der Waals surface area contributed by atoms with E-state index in [0.29, 0.717) is 6.54 Å². The molecule has 15 heavy (non-hydrogen) atoms. The molecule has 0 aromatic rings. The summed E-state index contributed by atoms with van der Waals surface area (Å²) in [5.74, 6) is -0.643. The molecule has 0 radical (unpaired) electrons. The topological polar surface area (TPSA) is 93.0 Å².